The van der Waals surface area contributed by atoms with Crippen molar-refractivity contribution in [2.45, 2.75) is 32.2 Å². The van der Waals surface area contributed by atoms with Crippen LogP contribution < -0.4 is 11.1 Å². The van der Waals surface area contributed by atoms with Gasteiger partial charge in [0.05, 0.1) is 11.5 Å². The van der Waals surface area contributed by atoms with Crippen molar-refractivity contribution in [1.82, 2.24) is 5.32 Å². The standard InChI is InChI=1S/C12H20N2O2/c1-3-10(4-2)14-11(15)12(9-13)5-7-16-8-6-12/h1,10H,4-9,13H2,2H3,(H,14,15). The first-order valence-electron chi connectivity index (χ1n) is 5.73. The van der Waals surface area contributed by atoms with Gasteiger partial charge in [0.1, 0.15) is 0 Å². The third-order valence-corrected chi connectivity index (χ3v) is 3.24. The number of rotatable bonds is 4. The minimum Gasteiger partial charge on any atom is -0.381 e. The van der Waals surface area contributed by atoms with Crippen LogP contribution in [0.1, 0.15) is 26.2 Å². The average molecular weight is 224 g/mol. The van der Waals surface area contributed by atoms with E-state index in [9.17, 15) is 4.79 Å². The number of nitrogens with two attached hydrogens (primary N) is 1. The van der Waals surface area contributed by atoms with Gasteiger partial charge in [-0.25, -0.2) is 0 Å². The summed E-state index contributed by atoms with van der Waals surface area (Å²) >= 11 is 0. The molecule has 3 N–H and O–H groups in total. The molecule has 0 bridgehead atoms. The number of carbonyl (C=O) groups is 1. The van der Waals surface area contributed by atoms with Crippen LogP contribution >= 0.6 is 0 Å². The molecular weight excluding hydrogens is 204 g/mol. The van der Waals surface area contributed by atoms with E-state index in [1.807, 2.05) is 6.92 Å². The Labute approximate surface area is 96.9 Å². The molecule has 1 atom stereocenters. The van der Waals surface area contributed by atoms with Crippen LogP contribution in [0, 0.1) is 17.8 Å². The second-order valence-electron chi connectivity index (χ2n) is 4.20. The molecule has 0 spiro atoms. The Morgan fingerprint density at radius 2 is 2.25 bits per heavy atom. The second-order valence-corrected chi connectivity index (χ2v) is 4.20. The minimum absolute atomic E-state index is 0.0249. The van der Waals surface area contributed by atoms with Gasteiger partial charge in [-0.05, 0) is 19.3 Å². The molecule has 0 saturated carbocycles. The van der Waals surface area contributed by atoms with E-state index in [0.29, 0.717) is 32.6 Å². The summed E-state index contributed by atoms with van der Waals surface area (Å²) in [7, 11) is 0. The Morgan fingerprint density at radius 3 is 2.69 bits per heavy atom. The zero-order chi connectivity index (χ0) is 12.0. The lowest BCUT2D eigenvalue weighted by atomic mass is 9.79. The van der Waals surface area contributed by atoms with Gasteiger partial charge in [0.2, 0.25) is 5.91 Å². The molecule has 1 rings (SSSR count). The number of terminal acetylenes is 1. The summed E-state index contributed by atoms with van der Waals surface area (Å²) in [5.41, 5.74) is 5.25. The molecule has 0 radical (unpaired) electrons. The predicted molar refractivity (Wildman–Crippen MR) is 62.6 cm³/mol. The summed E-state index contributed by atoms with van der Waals surface area (Å²) in [5.74, 6) is 2.53. The van der Waals surface area contributed by atoms with Crippen LogP contribution in [0.4, 0.5) is 0 Å². The number of carbonyl (C=O) groups excluding carboxylic acids is 1. The maximum absolute atomic E-state index is 12.1. The molecule has 4 nitrogen and oxygen atoms in total. The molecule has 0 aromatic heterocycles. The molecule has 0 aromatic carbocycles. The lowest BCUT2D eigenvalue weighted by molar-refractivity contribution is -0.136. The monoisotopic (exact) mass is 224 g/mol. The molecule has 1 heterocycles. The number of hydrogen-bond donors (Lipinski definition) is 2. The van der Waals surface area contributed by atoms with Crippen LogP contribution in [0.5, 0.6) is 0 Å². The van der Waals surface area contributed by atoms with Gasteiger partial charge in [-0.15, -0.1) is 6.42 Å². The van der Waals surface area contributed by atoms with Crippen molar-refractivity contribution in [3.63, 3.8) is 0 Å². The molecule has 0 aliphatic carbocycles. The SMILES string of the molecule is C#CC(CC)NC(=O)C1(CN)CCOCC1. The minimum atomic E-state index is -0.484. The zero-order valence-electron chi connectivity index (χ0n) is 9.79. The van der Waals surface area contributed by atoms with E-state index in [4.69, 9.17) is 16.9 Å². The van der Waals surface area contributed by atoms with Gasteiger partial charge in [-0.3, -0.25) is 4.79 Å². The molecule has 1 fully saturated rings. The van der Waals surface area contributed by atoms with Crippen LogP contribution in [0.2, 0.25) is 0 Å². The zero-order valence-corrected chi connectivity index (χ0v) is 9.79. The summed E-state index contributed by atoms with van der Waals surface area (Å²) in [4.78, 5) is 12.1. The highest BCUT2D eigenvalue weighted by Gasteiger charge is 2.39. The Bertz CT molecular complexity index is 277. The van der Waals surface area contributed by atoms with E-state index in [1.165, 1.54) is 0 Å². The maximum Gasteiger partial charge on any atom is 0.228 e. The normalized spacial score (nSPS) is 20.8. The van der Waals surface area contributed by atoms with Crippen molar-refractivity contribution in [2.75, 3.05) is 19.8 Å². The highest BCUT2D eigenvalue weighted by atomic mass is 16.5. The largest absolute Gasteiger partial charge is 0.381 e. The van der Waals surface area contributed by atoms with Crippen molar-refractivity contribution < 1.29 is 9.53 Å². The Morgan fingerprint density at radius 1 is 1.62 bits per heavy atom. The summed E-state index contributed by atoms with van der Waals surface area (Å²) < 4.78 is 5.26. The Balaban J connectivity index is 2.65. The fraction of sp³-hybridized carbons (Fsp3) is 0.750. The first kappa shape index (κ1) is 13.0. The van der Waals surface area contributed by atoms with Gasteiger partial charge < -0.3 is 15.8 Å². The molecule has 1 aliphatic heterocycles. The topological polar surface area (TPSA) is 64.4 Å². The molecule has 0 aromatic rings. The van der Waals surface area contributed by atoms with E-state index in [1.54, 1.807) is 0 Å². The predicted octanol–water partition coefficient (Wildman–Crippen LogP) is 0.270. The molecule has 90 valence electrons. The van der Waals surface area contributed by atoms with Gasteiger partial charge in [0.15, 0.2) is 0 Å². The summed E-state index contributed by atoms with van der Waals surface area (Å²) in [6, 6.07) is -0.196. The first-order valence-corrected chi connectivity index (χ1v) is 5.73. The quantitative estimate of drug-likeness (QED) is 0.674. The number of amides is 1. The summed E-state index contributed by atoms with van der Waals surface area (Å²) in [6.07, 6.45) is 7.41. The molecule has 1 amide bonds. The van der Waals surface area contributed by atoms with Crippen molar-refractivity contribution in [2.24, 2.45) is 11.1 Å². The van der Waals surface area contributed by atoms with Gasteiger partial charge >= 0.3 is 0 Å². The number of nitrogens with one attached hydrogen (secondary N) is 1. The van der Waals surface area contributed by atoms with Crippen molar-refractivity contribution in [3.05, 3.63) is 0 Å². The lowest BCUT2D eigenvalue weighted by Crippen LogP contribution is -2.51. The second kappa shape index (κ2) is 5.88. The molecule has 1 aliphatic rings. The fourth-order valence-electron chi connectivity index (χ4n) is 1.86. The van der Waals surface area contributed by atoms with E-state index in [-0.39, 0.29) is 11.9 Å². The Hall–Kier alpha value is -1.05. The smallest absolute Gasteiger partial charge is 0.228 e. The average Bonchev–Trinajstić information content (AvgIpc) is 2.36. The maximum atomic E-state index is 12.1. The van der Waals surface area contributed by atoms with E-state index in [0.717, 1.165) is 6.42 Å². The molecular formula is C12H20N2O2. The third kappa shape index (κ3) is 2.75. The highest BCUT2D eigenvalue weighted by Crippen LogP contribution is 2.29. The summed E-state index contributed by atoms with van der Waals surface area (Å²) in [5, 5.41) is 2.87. The van der Waals surface area contributed by atoms with Crippen LogP contribution in [0.25, 0.3) is 0 Å². The van der Waals surface area contributed by atoms with Crippen LogP contribution in [0.3, 0.4) is 0 Å². The van der Waals surface area contributed by atoms with Crippen molar-refractivity contribution in [1.29, 1.82) is 0 Å². The number of hydrogen-bond acceptors (Lipinski definition) is 3. The highest BCUT2D eigenvalue weighted by molar-refractivity contribution is 5.83. The fourth-order valence-corrected chi connectivity index (χ4v) is 1.86. The van der Waals surface area contributed by atoms with E-state index in [2.05, 4.69) is 11.2 Å². The molecule has 1 saturated heterocycles. The van der Waals surface area contributed by atoms with Crippen LogP contribution in [-0.4, -0.2) is 31.7 Å². The van der Waals surface area contributed by atoms with Gasteiger partial charge in [-0.1, -0.05) is 12.8 Å². The van der Waals surface area contributed by atoms with Gasteiger partial charge in [0.25, 0.3) is 0 Å². The van der Waals surface area contributed by atoms with E-state index < -0.39 is 5.41 Å². The van der Waals surface area contributed by atoms with Gasteiger partial charge in [-0.2, -0.15) is 0 Å². The van der Waals surface area contributed by atoms with Crippen molar-refractivity contribution in [3.8, 4) is 12.3 Å². The van der Waals surface area contributed by atoms with Crippen LogP contribution in [0.15, 0.2) is 0 Å². The first-order chi connectivity index (χ1) is 7.68. The van der Waals surface area contributed by atoms with E-state index >= 15 is 0 Å². The van der Waals surface area contributed by atoms with Gasteiger partial charge in [0, 0.05) is 19.8 Å². The number of ether oxygens (including phenoxy) is 1. The molecule has 4 heteroatoms. The Kier molecular flexibility index (Phi) is 4.78. The van der Waals surface area contributed by atoms with Crippen molar-refractivity contribution >= 4 is 5.91 Å². The lowest BCUT2D eigenvalue weighted by Gasteiger charge is -2.35. The third-order valence-electron chi connectivity index (χ3n) is 3.24. The van der Waals surface area contributed by atoms with Crippen LogP contribution in [-0.2, 0) is 9.53 Å². The summed E-state index contributed by atoms with van der Waals surface area (Å²) in [6.45, 7) is 3.49. The molecule has 1 unspecified atom stereocenters. The molecule has 16 heavy (non-hydrogen) atoms.